The van der Waals surface area contributed by atoms with Crippen LogP contribution in [0, 0.1) is 16.0 Å². The number of nitrogens with one attached hydrogen (secondary N) is 1. The fourth-order valence-corrected chi connectivity index (χ4v) is 1.30. The molecule has 0 aromatic heterocycles. The summed E-state index contributed by atoms with van der Waals surface area (Å²) in [6, 6.07) is 3.99. The minimum Gasteiger partial charge on any atom is -0.477 e. The molecule has 92 valence electrons. The molecule has 0 aliphatic heterocycles. The Bertz CT molecular complexity index is 443. The summed E-state index contributed by atoms with van der Waals surface area (Å²) in [7, 11) is 0. The normalized spacial score (nSPS) is 10.3. The Hall–Kier alpha value is -2.11. The Balaban J connectivity index is 3.02. The van der Waals surface area contributed by atoms with Gasteiger partial charge in [-0.25, -0.2) is 4.79 Å². The number of carboxylic acids is 1. The van der Waals surface area contributed by atoms with E-state index >= 15 is 0 Å². The standard InChI is InChI=1S/C11H14N2O4/c1-7(2)6-12-8-3-4-10(13(16)17)9(5-8)11(14)15/h3-5,7,12H,6H2,1-2H3,(H,14,15). The molecule has 17 heavy (non-hydrogen) atoms. The molecule has 0 bridgehead atoms. The smallest absolute Gasteiger partial charge is 0.342 e. The van der Waals surface area contributed by atoms with Crippen molar-refractivity contribution in [3.05, 3.63) is 33.9 Å². The van der Waals surface area contributed by atoms with Gasteiger partial charge in [0.25, 0.3) is 5.69 Å². The van der Waals surface area contributed by atoms with Crippen LogP contribution in [0.1, 0.15) is 24.2 Å². The van der Waals surface area contributed by atoms with Crippen LogP contribution in [0.4, 0.5) is 11.4 Å². The minimum atomic E-state index is -1.30. The van der Waals surface area contributed by atoms with Crippen LogP contribution in [0.2, 0.25) is 0 Å². The van der Waals surface area contributed by atoms with Crippen LogP contribution in [0.15, 0.2) is 18.2 Å². The van der Waals surface area contributed by atoms with Crippen molar-refractivity contribution in [3.8, 4) is 0 Å². The van der Waals surface area contributed by atoms with Gasteiger partial charge >= 0.3 is 5.97 Å². The van der Waals surface area contributed by atoms with Crippen molar-refractivity contribution in [2.24, 2.45) is 5.92 Å². The van der Waals surface area contributed by atoms with E-state index in [1.807, 2.05) is 13.8 Å². The van der Waals surface area contributed by atoms with Crippen LogP contribution >= 0.6 is 0 Å². The van der Waals surface area contributed by atoms with Gasteiger partial charge in [-0.3, -0.25) is 10.1 Å². The first kappa shape index (κ1) is 13.0. The third kappa shape index (κ3) is 3.44. The van der Waals surface area contributed by atoms with Crippen molar-refractivity contribution in [2.45, 2.75) is 13.8 Å². The van der Waals surface area contributed by atoms with Crippen molar-refractivity contribution < 1.29 is 14.8 Å². The maximum Gasteiger partial charge on any atom is 0.342 e. The van der Waals surface area contributed by atoms with Gasteiger partial charge in [-0.15, -0.1) is 0 Å². The number of carbonyl (C=O) groups is 1. The van der Waals surface area contributed by atoms with Gasteiger partial charge in [0.2, 0.25) is 0 Å². The fraction of sp³-hybridized carbons (Fsp3) is 0.364. The molecule has 1 aromatic carbocycles. The molecule has 6 nitrogen and oxygen atoms in total. The highest BCUT2D eigenvalue weighted by atomic mass is 16.6. The number of hydrogen-bond donors (Lipinski definition) is 2. The van der Waals surface area contributed by atoms with Gasteiger partial charge in [0.15, 0.2) is 0 Å². The number of carboxylic acid groups (broad SMARTS) is 1. The molecule has 0 fully saturated rings. The average molecular weight is 238 g/mol. The molecule has 0 aliphatic carbocycles. The van der Waals surface area contributed by atoms with Gasteiger partial charge < -0.3 is 10.4 Å². The van der Waals surface area contributed by atoms with Gasteiger partial charge in [0.1, 0.15) is 5.56 Å². The van der Waals surface area contributed by atoms with Gasteiger partial charge in [-0.1, -0.05) is 13.8 Å². The Morgan fingerprint density at radius 3 is 2.65 bits per heavy atom. The molecule has 0 saturated heterocycles. The molecule has 0 atom stereocenters. The highest BCUT2D eigenvalue weighted by molar-refractivity contribution is 5.93. The first-order chi connectivity index (χ1) is 7.91. The topological polar surface area (TPSA) is 92.5 Å². The number of nitro benzene ring substituents is 1. The van der Waals surface area contributed by atoms with Crippen LogP contribution in [0.25, 0.3) is 0 Å². The van der Waals surface area contributed by atoms with Crippen molar-refractivity contribution in [2.75, 3.05) is 11.9 Å². The Labute approximate surface area is 98.4 Å². The van der Waals surface area contributed by atoms with Crippen LogP contribution in [0.3, 0.4) is 0 Å². The largest absolute Gasteiger partial charge is 0.477 e. The molecule has 1 aromatic rings. The lowest BCUT2D eigenvalue weighted by atomic mass is 10.1. The molecular weight excluding hydrogens is 224 g/mol. The van der Waals surface area contributed by atoms with E-state index in [2.05, 4.69) is 5.32 Å². The lowest BCUT2D eigenvalue weighted by Crippen LogP contribution is -2.09. The molecule has 0 saturated carbocycles. The van der Waals surface area contributed by atoms with Gasteiger partial charge in [0.05, 0.1) is 4.92 Å². The number of nitrogens with zero attached hydrogens (tertiary/aromatic N) is 1. The zero-order valence-corrected chi connectivity index (χ0v) is 9.64. The molecule has 2 N–H and O–H groups in total. The molecule has 0 spiro atoms. The Morgan fingerprint density at radius 1 is 1.53 bits per heavy atom. The Morgan fingerprint density at radius 2 is 2.18 bits per heavy atom. The van der Waals surface area contributed by atoms with E-state index in [4.69, 9.17) is 5.11 Å². The van der Waals surface area contributed by atoms with Crippen LogP contribution in [-0.2, 0) is 0 Å². The molecule has 0 radical (unpaired) electrons. The third-order valence-electron chi connectivity index (χ3n) is 2.14. The van der Waals surface area contributed by atoms with E-state index in [0.29, 0.717) is 18.2 Å². The highest BCUT2D eigenvalue weighted by Gasteiger charge is 2.19. The zero-order chi connectivity index (χ0) is 13.0. The first-order valence-electron chi connectivity index (χ1n) is 5.17. The maximum atomic E-state index is 10.9. The SMILES string of the molecule is CC(C)CNc1ccc([N+](=O)[O-])c(C(=O)O)c1. The molecule has 6 heteroatoms. The monoisotopic (exact) mass is 238 g/mol. The van der Waals surface area contributed by atoms with Gasteiger partial charge in [-0.2, -0.15) is 0 Å². The summed E-state index contributed by atoms with van der Waals surface area (Å²) >= 11 is 0. The lowest BCUT2D eigenvalue weighted by molar-refractivity contribution is -0.385. The lowest BCUT2D eigenvalue weighted by Gasteiger charge is -2.09. The van der Waals surface area contributed by atoms with Crippen LogP contribution in [0.5, 0.6) is 0 Å². The maximum absolute atomic E-state index is 10.9. The van der Waals surface area contributed by atoms with E-state index in [0.717, 1.165) is 0 Å². The fourth-order valence-electron chi connectivity index (χ4n) is 1.30. The second-order valence-corrected chi connectivity index (χ2v) is 4.07. The highest BCUT2D eigenvalue weighted by Crippen LogP contribution is 2.22. The van der Waals surface area contributed by atoms with E-state index in [-0.39, 0.29) is 5.56 Å². The van der Waals surface area contributed by atoms with E-state index in [9.17, 15) is 14.9 Å². The zero-order valence-electron chi connectivity index (χ0n) is 9.64. The predicted molar refractivity (Wildman–Crippen MR) is 63.4 cm³/mol. The second kappa shape index (κ2) is 5.29. The number of anilines is 1. The molecule has 0 unspecified atom stereocenters. The van der Waals surface area contributed by atoms with Crippen molar-refractivity contribution >= 4 is 17.3 Å². The number of aromatic carboxylic acids is 1. The summed E-state index contributed by atoms with van der Waals surface area (Å²) < 4.78 is 0. The third-order valence-corrected chi connectivity index (χ3v) is 2.14. The summed E-state index contributed by atoms with van der Waals surface area (Å²) in [4.78, 5) is 20.8. The summed E-state index contributed by atoms with van der Waals surface area (Å²) in [5.41, 5.74) is -0.127. The summed E-state index contributed by atoms with van der Waals surface area (Å²) in [6.45, 7) is 4.70. The van der Waals surface area contributed by atoms with Crippen molar-refractivity contribution in [1.29, 1.82) is 0 Å². The van der Waals surface area contributed by atoms with Crippen LogP contribution < -0.4 is 5.32 Å². The van der Waals surface area contributed by atoms with Gasteiger partial charge in [-0.05, 0) is 18.1 Å². The van der Waals surface area contributed by atoms with Gasteiger partial charge in [0, 0.05) is 18.3 Å². The number of benzene rings is 1. The van der Waals surface area contributed by atoms with Crippen LogP contribution in [-0.4, -0.2) is 22.5 Å². The molecule has 0 heterocycles. The summed E-state index contributed by atoms with van der Waals surface area (Å²) in [5.74, 6) is -0.900. The minimum absolute atomic E-state index is 0.302. The summed E-state index contributed by atoms with van der Waals surface area (Å²) in [6.07, 6.45) is 0. The molecule has 1 rings (SSSR count). The molecule has 0 aliphatic rings. The molecule has 0 amide bonds. The summed E-state index contributed by atoms with van der Waals surface area (Å²) in [5, 5.41) is 22.5. The first-order valence-corrected chi connectivity index (χ1v) is 5.17. The number of rotatable bonds is 5. The Kier molecular flexibility index (Phi) is 4.03. The number of nitro groups is 1. The number of hydrogen-bond acceptors (Lipinski definition) is 4. The van der Waals surface area contributed by atoms with Crippen molar-refractivity contribution in [3.63, 3.8) is 0 Å². The second-order valence-electron chi connectivity index (χ2n) is 4.07. The molecular formula is C11H14N2O4. The quantitative estimate of drug-likeness (QED) is 0.606. The van der Waals surface area contributed by atoms with E-state index in [1.54, 1.807) is 0 Å². The predicted octanol–water partition coefficient (Wildman–Crippen LogP) is 2.36. The van der Waals surface area contributed by atoms with E-state index in [1.165, 1.54) is 18.2 Å². The van der Waals surface area contributed by atoms with E-state index < -0.39 is 16.6 Å². The average Bonchev–Trinajstić information content (AvgIpc) is 2.25. The van der Waals surface area contributed by atoms with Crippen molar-refractivity contribution in [1.82, 2.24) is 0 Å².